The van der Waals surface area contributed by atoms with Crippen LogP contribution in [0.3, 0.4) is 0 Å². The summed E-state index contributed by atoms with van der Waals surface area (Å²) in [5.41, 5.74) is 2.10. The zero-order chi connectivity index (χ0) is 17.0. The Labute approximate surface area is 143 Å². The second-order valence-electron chi connectivity index (χ2n) is 5.53. The van der Waals surface area contributed by atoms with Crippen molar-refractivity contribution >= 4 is 21.8 Å². The minimum Gasteiger partial charge on any atom is -0.350 e. The number of carbonyl (C=O) groups excluding carboxylic acids is 1. The summed E-state index contributed by atoms with van der Waals surface area (Å²) in [6.07, 6.45) is 0.631. The molecule has 0 bridgehead atoms. The van der Waals surface area contributed by atoms with Crippen molar-refractivity contribution in [2.75, 3.05) is 0 Å². The molecule has 5 nitrogen and oxygen atoms in total. The van der Waals surface area contributed by atoms with E-state index in [1.54, 1.807) is 13.8 Å². The van der Waals surface area contributed by atoms with Crippen LogP contribution in [0.4, 0.5) is 0 Å². The maximum Gasteiger partial charge on any atom is 0.254 e. The van der Waals surface area contributed by atoms with Gasteiger partial charge in [0.05, 0.1) is 6.04 Å². The van der Waals surface area contributed by atoms with Gasteiger partial charge in [-0.05, 0) is 38.8 Å². The van der Waals surface area contributed by atoms with Gasteiger partial charge in [-0.25, -0.2) is 4.98 Å². The first-order valence-corrected chi connectivity index (χ1v) is 8.28. The number of H-pyrrole nitrogens is 1. The zero-order valence-corrected chi connectivity index (χ0v) is 15.0. The van der Waals surface area contributed by atoms with Gasteiger partial charge < -0.3 is 10.3 Å². The van der Waals surface area contributed by atoms with Crippen molar-refractivity contribution in [3.8, 4) is 0 Å². The maximum absolute atomic E-state index is 12.1. The molecule has 1 heterocycles. The van der Waals surface area contributed by atoms with Crippen LogP contribution in [-0.2, 0) is 11.2 Å². The van der Waals surface area contributed by atoms with Crippen molar-refractivity contribution in [1.29, 1.82) is 0 Å². The quantitative estimate of drug-likeness (QED) is 0.840. The van der Waals surface area contributed by atoms with E-state index in [1.807, 2.05) is 31.2 Å². The molecule has 0 aliphatic heterocycles. The zero-order valence-electron chi connectivity index (χ0n) is 13.4. The summed E-state index contributed by atoms with van der Waals surface area (Å²) in [5, 5.41) is 2.96. The molecule has 23 heavy (non-hydrogen) atoms. The van der Waals surface area contributed by atoms with Crippen molar-refractivity contribution in [2.45, 2.75) is 39.7 Å². The fraction of sp³-hybridized carbons (Fsp3) is 0.353. The normalized spacial score (nSPS) is 12.0. The van der Waals surface area contributed by atoms with Crippen LogP contribution in [-0.4, -0.2) is 15.9 Å². The smallest absolute Gasteiger partial charge is 0.254 e. The molecule has 1 unspecified atom stereocenters. The maximum atomic E-state index is 12.1. The molecular formula is C17H20BrN3O2. The number of carbonyl (C=O) groups is 1. The Kier molecular flexibility index (Phi) is 5.71. The van der Waals surface area contributed by atoms with Gasteiger partial charge >= 0.3 is 0 Å². The predicted octanol–water partition coefficient (Wildman–Crippen LogP) is 2.96. The molecule has 2 N–H and O–H groups in total. The number of halogens is 1. The number of nitrogens with zero attached hydrogens (tertiary/aromatic N) is 1. The number of aromatic amines is 1. The molecule has 0 aliphatic rings. The van der Waals surface area contributed by atoms with E-state index in [0.717, 1.165) is 10.0 Å². The Morgan fingerprint density at radius 1 is 1.35 bits per heavy atom. The highest BCUT2D eigenvalue weighted by Crippen LogP contribution is 2.22. The Morgan fingerprint density at radius 2 is 2.04 bits per heavy atom. The minimum absolute atomic E-state index is 0.0902. The third-order valence-corrected chi connectivity index (χ3v) is 4.41. The molecule has 1 atom stereocenters. The van der Waals surface area contributed by atoms with Gasteiger partial charge in [0.15, 0.2) is 0 Å². The van der Waals surface area contributed by atoms with Crippen molar-refractivity contribution in [3.05, 3.63) is 61.7 Å². The van der Waals surface area contributed by atoms with E-state index in [0.29, 0.717) is 23.5 Å². The first kappa shape index (κ1) is 17.4. The fourth-order valence-corrected chi connectivity index (χ4v) is 3.13. The Hall–Kier alpha value is -1.95. The second kappa shape index (κ2) is 7.55. The topological polar surface area (TPSA) is 74.8 Å². The molecule has 0 saturated carbocycles. The van der Waals surface area contributed by atoms with Gasteiger partial charge in [0.1, 0.15) is 5.82 Å². The molecule has 2 aromatic rings. The standard InChI is InChI=1S/C17H20BrN3O2/c1-10(13-6-4-5-7-15(13)18)20-16(22)9-8-14-11(2)19-12(3)21-17(14)23/h4-7,10H,8-9H2,1-3H3,(H,20,22)(H,19,21,23). The van der Waals surface area contributed by atoms with E-state index in [4.69, 9.17) is 0 Å². The largest absolute Gasteiger partial charge is 0.350 e. The second-order valence-corrected chi connectivity index (χ2v) is 6.38. The van der Waals surface area contributed by atoms with E-state index in [1.165, 1.54) is 0 Å². The molecule has 0 aliphatic carbocycles. The summed E-state index contributed by atoms with van der Waals surface area (Å²) in [4.78, 5) is 31.0. The van der Waals surface area contributed by atoms with Crippen molar-refractivity contribution in [3.63, 3.8) is 0 Å². The number of hydrogen-bond acceptors (Lipinski definition) is 3. The molecular weight excluding hydrogens is 358 g/mol. The van der Waals surface area contributed by atoms with E-state index < -0.39 is 0 Å². The van der Waals surface area contributed by atoms with Crippen molar-refractivity contribution in [1.82, 2.24) is 15.3 Å². The lowest BCUT2D eigenvalue weighted by Gasteiger charge is -2.16. The molecule has 0 spiro atoms. The van der Waals surface area contributed by atoms with Gasteiger partial charge in [-0.15, -0.1) is 0 Å². The predicted molar refractivity (Wildman–Crippen MR) is 93.4 cm³/mol. The van der Waals surface area contributed by atoms with Gasteiger partial charge in [0.25, 0.3) is 5.56 Å². The molecule has 1 aromatic heterocycles. The van der Waals surface area contributed by atoms with Gasteiger partial charge in [-0.1, -0.05) is 34.1 Å². The third-order valence-electron chi connectivity index (χ3n) is 3.69. The number of rotatable bonds is 5. The molecule has 122 valence electrons. The number of hydrogen-bond donors (Lipinski definition) is 2. The summed E-state index contributed by atoms with van der Waals surface area (Å²) in [7, 11) is 0. The average molecular weight is 378 g/mol. The van der Waals surface area contributed by atoms with Crippen LogP contribution in [0, 0.1) is 13.8 Å². The number of nitrogens with one attached hydrogen (secondary N) is 2. The molecule has 1 aromatic carbocycles. The first-order valence-electron chi connectivity index (χ1n) is 7.48. The lowest BCUT2D eigenvalue weighted by Crippen LogP contribution is -2.28. The highest BCUT2D eigenvalue weighted by atomic mass is 79.9. The van der Waals surface area contributed by atoms with Gasteiger partial charge in [-0.2, -0.15) is 0 Å². The van der Waals surface area contributed by atoms with Gasteiger partial charge in [0.2, 0.25) is 5.91 Å². The summed E-state index contributed by atoms with van der Waals surface area (Å²) >= 11 is 3.48. The van der Waals surface area contributed by atoms with E-state index in [-0.39, 0.29) is 23.9 Å². The summed E-state index contributed by atoms with van der Waals surface area (Å²) in [5.74, 6) is 0.496. The van der Waals surface area contributed by atoms with E-state index in [2.05, 4.69) is 31.2 Å². The number of benzene rings is 1. The lowest BCUT2D eigenvalue weighted by atomic mass is 10.1. The van der Waals surface area contributed by atoms with Gasteiger partial charge in [0, 0.05) is 22.2 Å². The molecule has 2 rings (SSSR count). The fourth-order valence-electron chi connectivity index (χ4n) is 2.50. The monoisotopic (exact) mass is 377 g/mol. The minimum atomic E-state index is -0.165. The highest BCUT2D eigenvalue weighted by Gasteiger charge is 2.14. The lowest BCUT2D eigenvalue weighted by molar-refractivity contribution is -0.121. The first-order chi connectivity index (χ1) is 10.9. The molecule has 6 heteroatoms. The Balaban J connectivity index is 1.99. The van der Waals surface area contributed by atoms with Crippen LogP contribution in [0.2, 0.25) is 0 Å². The Morgan fingerprint density at radius 3 is 2.70 bits per heavy atom. The van der Waals surface area contributed by atoms with Crippen molar-refractivity contribution in [2.24, 2.45) is 0 Å². The third kappa shape index (κ3) is 4.51. The van der Waals surface area contributed by atoms with Crippen LogP contribution < -0.4 is 10.9 Å². The molecule has 1 amide bonds. The van der Waals surface area contributed by atoms with Gasteiger partial charge in [-0.3, -0.25) is 9.59 Å². The average Bonchev–Trinajstić information content (AvgIpc) is 2.46. The molecule has 0 radical (unpaired) electrons. The summed E-state index contributed by atoms with van der Waals surface area (Å²) in [6, 6.07) is 7.67. The van der Waals surface area contributed by atoms with Crippen LogP contribution in [0.5, 0.6) is 0 Å². The number of amides is 1. The summed E-state index contributed by atoms with van der Waals surface area (Å²) < 4.78 is 0.961. The van der Waals surface area contributed by atoms with Crippen LogP contribution in [0.15, 0.2) is 33.5 Å². The Bertz CT molecular complexity index is 771. The SMILES string of the molecule is Cc1nc(C)c(CCC(=O)NC(C)c2ccccc2Br)c(=O)[nH]1. The summed E-state index contributed by atoms with van der Waals surface area (Å²) in [6.45, 7) is 5.47. The molecule has 0 saturated heterocycles. The number of aromatic nitrogens is 2. The highest BCUT2D eigenvalue weighted by molar-refractivity contribution is 9.10. The van der Waals surface area contributed by atoms with Crippen LogP contribution >= 0.6 is 15.9 Å². The van der Waals surface area contributed by atoms with Crippen molar-refractivity contribution < 1.29 is 4.79 Å². The van der Waals surface area contributed by atoms with Crippen LogP contribution in [0.25, 0.3) is 0 Å². The van der Waals surface area contributed by atoms with E-state index in [9.17, 15) is 9.59 Å². The molecule has 0 fully saturated rings. The van der Waals surface area contributed by atoms with E-state index >= 15 is 0 Å². The number of aryl methyl sites for hydroxylation is 2. The van der Waals surface area contributed by atoms with Crippen LogP contribution in [0.1, 0.15) is 42.0 Å².